The lowest BCUT2D eigenvalue weighted by Crippen LogP contribution is -2.23. The maximum atomic E-state index is 12.5. The molecule has 2 heterocycles. The van der Waals surface area contributed by atoms with Crippen molar-refractivity contribution in [2.45, 2.75) is 6.54 Å². The van der Waals surface area contributed by atoms with Gasteiger partial charge in [0.2, 0.25) is 0 Å². The molecule has 4 aromatic rings. The molecule has 2 aromatic carbocycles. The van der Waals surface area contributed by atoms with Gasteiger partial charge in [0, 0.05) is 30.7 Å². The molecule has 0 fully saturated rings. The molecule has 124 valence electrons. The first-order chi connectivity index (χ1) is 12.2. The summed E-state index contributed by atoms with van der Waals surface area (Å²) in [5, 5.41) is 15.0. The lowest BCUT2D eigenvalue weighted by Gasteiger charge is -2.07. The first-order valence-electron chi connectivity index (χ1n) is 7.99. The van der Waals surface area contributed by atoms with Gasteiger partial charge in [-0.2, -0.15) is 10.2 Å². The molecule has 1 amide bonds. The van der Waals surface area contributed by atoms with E-state index in [1.807, 2.05) is 49.8 Å². The van der Waals surface area contributed by atoms with Crippen molar-refractivity contribution < 1.29 is 4.79 Å². The molecule has 0 radical (unpaired) electrons. The number of rotatable bonds is 4. The number of amides is 1. The Kier molecular flexibility index (Phi) is 3.78. The van der Waals surface area contributed by atoms with E-state index in [1.165, 1.54) is 0 Å². The molecule has 0 aliphatic rings. The molecule has 2 aromatic heterocycles. The van der Waals surface area contributed by atoms with Gasteiger partial charge in [-0.25, -0.2) is 0 Å². The second-order valence-electron chi connectivity index (χ2n) is 5.93. The Hall–Kier alpha value is -3.41. The number of H-pyrrole nitrogens is 1. The van der Waals surface area contributed by atoms with Crippen LogP contribution >= 0.6 is 0 Å². The summed E-state index contributed by atoms with van der Waals surface area (Å²) in [7, 11) is 1.89. The predicted molar refractivity (Wildman–Crippen MR) is 95.9 cm³/mol. The normalized spacial score (nSPS) is 10.9. The minimum atomic E-state index is -0.123. The molecule has 0 saturated heterocycles. The zero-order valence-electron chi connectivity index (χ0n) is 13.7. The number of fused-ring (bicyclic) bond motifs is 1. The minimum absolute atomic E-state index is 0.123. The number of nitrogens with zero attached hydrogens (tertiary/aromatic N) is 3. The van der Waals surface area contributed by atoms with Crippen LogP contribution in [0.5, 0.6) is 0 Å². The maximum absolute atomic E-state index is 12.5. The summed E-state index contributed by atoms with van der Waals surface area (Å²) in [6.45, 7) is 0.456. The second-order valence-corrected chi connectivity index (χ2v) is 5.93. The number of nitrogens with one attached hydrogen (secondary N) is 2. The summed E-state index contributed by atoms with van der Waals surface area (Å²) in [5.41, 5.74) is 4.52. The van der Waals surface area contributed by atoms with Crippen LogP contribution in [0, 0.1) is 0 Å². The summed E-state index contributed by atoms with van der Waals surface area (Å²) < 4.78 is 1.77. The van der Waals surface area contributed by atoms with E-state index in [9.17, 15) is 4.79 Å². The third-order valence-electron chi connectivity index (χ3n) is 4.14. The van der Waals surface area contributed by atoms with Crippen molar-refractivity contribution >= 4 is 16.8 Å². The van der Waals surface area contributed by atoms with Crippen LogP contribution in [0.25, 0.3) is 22.0 Å². The monoisotopic (exact) mass is 331 g/mol. The molecule has 6 heteroatoms. The predicted octanol–water partition coefficient (Wildman–Crippen LogP) is 2.89. The van der Waals surface area contributed by atoms with Crippen molar-refractivity contribution in [1.82, 2.24) is 25.3 Å². The van der Waals surface area contributed by atoms with E-state index in [4.69, 9.17) is 0 Å². The van der Waals surface area contributed by atoms with Crippen LogP contribution in [0.1, 0.15) is 15.9 Å². The van der Waals surface area contributed by atoms with Crippen LogP contribution < -0.4 is 5.32 Å². The van der Waals surface area contributed by atoms with E-state index in [0.717, 1.165) is 27.6 Å². The van der Waals surface area contributed by atoms with E-state index < -0.39 is 0 Å². The van der Waals surface area contributed by atoms with Crippen LogP contribution in [0.15, 0.2) is 61.1 Å². The van der Waals surface area contributed by atoms with Crippen LogP contribution in [-0.4, -0.2) is 25.9 Å². The molecule has 25 heavy (non-hydrogen) atoms. The lowest BCUT2D eigenvalue weighted by atomic mass is 10.1. The number of para-hydroxylation sites is 1. The number of hydrogen-bond acceptors (Lipinski definition) is 3. The molecule has 4 rings (SSSR count). The van der Waals surface area contributed by atoms with Gasteiger partial charge in [0.1, 0.15) is 0 Å². The summed E-state index contributed by atoms with van der Waals surface area (Å²) in [6.07, 6.45) is 5.51. The highest BCUT2D eigenvalue weighted by atomic mass is 16.1. The van der Waals surface area contributed by atoms with Crippen LogP contribution in [-0.2, 0) is 13.6 Å². The number of carbonyl (C=O) groups excluding carboxylic acids is 1. The van der Waals surface area contributed by atoms with Crippen molar-refractivity contribution in [1.29, 1.82) is 0 Å². The molecule has 0 atom stereocenters. The zero-order valence-corrected chi connectivity index (χ0v) is 13.7. The quantitative estimate of drug-likeness (QED) is 0.604. The highest BCUT2D eigenvalue weighted by molar-refractivity contribution is 6.05. The maximum Gasteiger partial charge on any atom is 0.253 e. The third kappa shape index (κ3) is 3.01. The summed E-state index contributed by atoms with van der Waals surface area (Å²) in [6, 6.07) is 13.7. The van der Waals surface area contributed by atoms with Gasteiger partial charge in [0.15, 0.2) is 0 Å². The molecule has 0 spiro atoms. The summed E-state index contributed by atoms with van der Waals surface area (Å²) >= 11 is 0. The Morgan fingerprint density at radius 2 is 2.04 bits per heavy atom. The fourth-order valence-electron chi connectivity index (χ4n) is 2.87. The largest absolute Gasteiger partial charge is 0.348 e. The van der Waals surface area contributed by atoms with Gasteiger partial charge >= 0.3 is 0 Å². The van der Waals surface area contributed by atoms with E-state index >= 15 is 0 Å². The van der Waals surface area contributed by atoms with Crippen molar-refractivity contribution in [2.24, 2.45) is 7.05 Å². The van der Waals surface area contributed by atoms with Gasteiger partial charge in [-0.3, -0.25) is 14.6 Å². The minimum Gasteiger partial charge on any atom is -0.348 e. The molecular weight excluding hydrogens is 314 g/mol. The first-order valence-corrected chi connectivity index (χ1v) is 7.99. The first kappa shape index (κ1) is 15.1. The van der Waals surface area contributed by atoms with Gasteiger partial charge in [-0.1, -0.05) is 30.3 Å². The SMILES string of the molecule is Cn1cc(-c2cccc(CNC(=O)c3cccc4cn[nH]c34)c2)cn1. The molecule has 0 bridgehead atoms. The summed E-state index contributed by atoms with van der Waals surface area (Å²) in [5.74, 6) is -0.123. The van der Waals surface area contributed by atoms with Crippen LogP contribution in [0.3, 0.4) is 0 Å². The smallest absolute Gasteiger partial charge is 0.253 e. The highest BCUT2D eigenvalue weighted by Crippen LogP contribution is 2.20. The second kappa shape index (κ2) is 6.24. The Morgan fingerprint density at radius 1 is 1.16 bits per heavy atom. The molecule has 0 aliphatic heterocycles. The average Bonchev–Trinajstić information content (AvgIpc) is 3.28. The van der Waals surface area contributed by atoms with Gasteiger partial charge in [0.05, 0.1) is 23.5 Å². The number of aryl methyl sites for hydroxylation is 1. The molecule has 0 aliphatic carbocycles. The van der Waals surface area contributed by atoms with E-state index in [0.29, 0.717) is 12.1 Å². The topological polar surface area (TPSA) is 75.6 Å². The average molecular weight is 331 g/mol. The van der Waals surface area contributed by atoms with Gasteiger partial charge in [0.25, 0.3) is 5.91 Å². The molecule has 0 unspecified atom stereocenters. The van der Waals surface area contributed by atoms with Crippen molar-refractivity contribution in [2.75, 3.05) is 0 Å². The lowest BCUT2D eigenvalue weighted by molar-refractivity contribution is 0.0952. The van der Waals surface area contributed by atoms with Gasteiger partial charge in [-0.15, -0.1) is 0 Å². The van der Waals surface area contributed by atoms with Crippen molar-refractivity contribution in [3.63, 3.8) is 0 Å². The fourth-order valence-corrected chi connectivity index (χ4v) is 2.87. The van der Waals surface area contributed by atoms with E-state index in [2.05, 4.69) is 26.7 Å². The number of hydrogen-bond donors (Lipinski definition) is 2. The summed E-state index contributed by atoms with van der Waals surface area (Å²) in [4.78, 5) is 12.5. The number of carbonyl (C=O) groups is 1. The number of benzene rings is 2. The van der Waals surface area contributed by atoms with Crippen molar-refractivity contribution in [3.8, 4) is 11.1 Å². The molecule has 2 N–H and O–H groups in total. The fraction of sp³-hybridized carbons (Fsp3) is 0.105. The Labute approximate surface area is 144 Å². The van der Waals surface area contributed by atoms with Crippen LogP contribution in [0.4, 0.5) is 0 Å². The van der Waals surface area contributed by atoms with Gasteiger partial charge < -0.3 is 5.32 Å². The highest BCUT2D eigenvalue weighted by Gasteiger charge is 2.11. The molecule has 0 saturated carbocycles. The standard InChI is InChI=1S/C19H17N5O/c1-24-12-16(11-22-24)14-5-2-4-13(8-14)9-20-19(25)17-7-3-6-15-10-21-23-18(15)17/h2-8,10-12H,9H2,1H3,(H,20,25)(H,21,23). The van der Waals surface area contributed by atoms with Crippen molar-refractivity contribution in [3.05, 3.63) is 72.2 Å². The van der Waals surface area contributed by atoms with Gasteiger partial charge in [-0.05, 0) is 23.3 Å². The molecule has 6 nitrogen and oxygen atoms in total. The third-order valence-corrected chi connectivity index (χ3v) is 4.14. The zero-order chi connectivity index (χ0) is 17.2. The number of aromatic amines is 1. The van der Waals surface area contributed by atoms with E-state index in [-0.39, 0.29) is 5.91 Å². The van der Waals surface area contributed by atoms with E-state index in [1.54, 1.807) is 16.9 Å². The Balaban J connectivity index is 1.51. The number of aromatic nitrogens is 4. The Morgan fingerprint density at radius 3 is 2.88 bits per heavy atom. The Bertz CT molecular complexity index is 1050. The van der Waals surface area contributed by atoms with Crippen LogP contribution in [0.2, 0.25) is 0 Å². The molecular formula is C19H17N5O.